The van der Waals surface area contributed by atoms with Crippen molar-refractivity contribution in [3.63, 3.8) is 0 Å². The van der Waals surface area contributed by atoms with Gasteiger partial charge in [-0.3, -0.25) is 0 Å². The Bertz CT molecular complexity index is 858. The number of halogens is 2. The van der Waals surface area contributed by atoms with Gasteiger partial charge in [0, 0.05) is 44.5 Å². The Morgan fingerprint density at radius 2 is 1.77 bits per heavy atom. The Labute approximate surface area is 175 Å². The lowest BCUT2D eigenvalue weighted by Crippen LogP contribution is -2.32. The molecule has 1 aromatic heterocycles. The van der Waals surface area contributed by atoms with Crippen LogP contribution >= 0.6 is 0 Å². The second-order valence-electron chi connectivity index (χ2n) is 9.04. The number of rotatable bonds is 5. The first-order valence-electron chi connectivity index (χ1n) is 11.0. The fourth-order valence-corrected chi connectivity index (χ4v) is 5.41. The van der Waals surface area contributed by atoms with Crippen LogP contribution in [-0.2, 0) is 4.74 Å². The van der Waals surface area contributed by atoms with Gasteiger partial charge >= 0.3 is 0 Å². The number of ether oxygens (including phenoxy) is 1. The van der Waals surface area contributed by atoms with E-state index in [0.29, 0.717) is 17.6 Å². The molecule has 3 heterocycles. The zero-order valence-electron chi connectivity index (χ0n) is 17.1. The molecule has 160 valence electrons. The standard InChI is InChI=1S/C23H28F2N4O/c24-18-1-2-21(25)20(11-18)22-3-4-23(28-27-22)26-19-9-16-13-29(14-17(16)10-19)12-15-5-7-30-8-6-15/h1-4,11,15-17,19H,5-10,12-14H2,(H,26,28)/t16-,17+,19?. The van der Waals surface area contributed by atoms with E-state index in [9.17, 15) is 8.78 Å². The number of nitrogens with one attached hydrogen (secondary N) is 1. The van der Waals surface area contributed by atoms with Crippen LogP contribution in [0.15, 0.2) is 30.3 Å². The maximum absolute atomic E-state index is 13.9. The van der Waals surface area contributed by atoms with E-state index in [1.165, 1.54) is 32.5 Å². The van der Waals surface area contributed by atoms with Gasteiger partial charge in [0.25, 0.3) is 0 Å². The predicted octanol–water partition coefficient (Wildman–Crippen LogP) is 3.97. The summed E-state index contributed by atoms with van der Waals surface area (Å²) in [6, 6.07) is 7.26. The van der Waals surface area contributed by atoms with Gasteiger partial charge in [-0.25, -0.2) is 8.78 Å². The summed E-state index contributed by atoms with van der Waals surface area (Å²) in [5.74, 6) is 1.99. The highest BCUT2D eigenvalue weighted by Crippen LogP contribution is 2.39. The fourth-order valence-electron chi connectivity index (χ4n) is 5.41. The number of anilines is 1. The summed E-state index contributed by atoms with van der Waals surface area (Å²) in [5, 5.41) is 11.8. The van der Waals surface area contributed by atoms with E-state index in [4.69, 9.17) is 4.74 Å². The summed E-state index contributed by atoms with van der Waals surface area (Å²) < 4.78 is 32.8. The normalized spacial score (nSPS) is 27.3. The van der Waals surface area contributed by atoms with E-state index >= 15 is 0 Å². The van der Waals surface area contributed by atoms with Crippen molar-refractivity contribution in [2.45, 2.75) is 31.7 Å². The highest BCUT2D eigenvalue weighted by molar-refractivity contribution is 5.60. The molecule has 1 saturated carbocycles. The highest BCUT2D eigenvalue weighted by Gasteiger charge is 2.41. The predicted molar refractivity (Wildman–Crippen MR) is 111 cm³/mol. The maximum Gasteiger partial charge on any atom is 0.148 e. The summed E-state index contributed by atoms with van der Waals surface area (Å²) in [6.07, 6.45) is 4.70. The topological polar surface area (TPSA) is 50.3 Å². The Morgan fingerprint density at radius 3 is 2.47 bits per heavy atom. The molecule has 2 aromatic rings. The van der Waals surface area contributed by atoms with Crippen LogP contribution in [0.4, 0.5) is 14.6 Å². The Balaban J connectivity index is 1.14. The van der Waals surface area contributed by atoms with Gasteiger partial charge in [-0.2, -0.15) is 0 Å². The van der Waals surface area contributed by atoms with Gasteiger partial charge in [0.1, 0.15) is 17.5 Å². The third-order valence-corrected chi connectivity index (χ3v) is 6.90. The number of fused-ring (bicyclic) bond motifs is 1. The Morgan fingerprint density at radius 1 is 1.00 bits per heavy atom. The van der Waals surface area contributed by atoms with E-state index in [0.717, 1.165) is 62.0 Å². The molecule has 2 aliphatic heterocycles. The molecule has 5 rings (SSSR count). The Hall–Kier alpha value is -2.12. The lowest BCUT2D eigenvalue weighted by molar-refractivity contribution is 0.0545. The molecule has 5 nitrogen and oxygen atoms in total. The van der Waals surface area contributed by atoms with Crippen molar-refractivity contribution in [1.82, 2.24) is 15.1 Å². The second kappa shape index (κ2) is 8.55. The molecule has 1 N–H and O–H groups in total. The number of likely N-dealkylation sites (tertiary alicyclic amines) is 1. The SMILES string of the molecule is Fc1ccc(F)c(-c2ccc(NC3C[C@@H]4CN(CC5CCOCC5)C[C@@H]4C3)nn2)c1. The van der Waals surface area contributed by atoms with Crippen molar-refractivity contribution in [1.29, 1.82) is 0 Å². The maximum atomic E-state index is 13.9. The first-order valence-corrected chi connectivity index (χ1v) is 11.0. The van der Waals surface area contributed by atoms with Crippen LogP contribution in [0.5, 0.6) is 0 Å². The summed E-state index contributed by atoms with van der Waals surface area (Å²) >= 11 is 0. The van der Waals surface area contributed by atoms with Gasteiger partial charge in [0.05, 0.1) is 5.69 Å². The van der Waals surface area contributed by atoms with Crippen molar-refractivity contribution in [2.75, 3.05) is 38.2 Å². The minimum atomic E-state index is -0.500. The number of nitrogens with zero attached hydrogens (tertiary/aromatic N) is 3. The smallest absolute Gasteiger partial charge is 0.148 e. The van der Waals surface area contributed by atoms with E-state index in [1.807, 2.05) is 0 Å². The molecule has 0 bridgehead atoms. The van der Waals surface area contributed by atoms with E-state index in [-0.39, 0.29) is 5.56 Å². The first-order chi connectivity index (χ1) is 14.6. The summed E-state index contributed by atoms with van der Waals surface area (Å²) in [5.41, 5.74) is 0.471. The molecular weight excluding hydrogens is 386 g/mol. The molecule has 3 aliphatic rings. The molecule has 1 aromatic carbocycles. The quantitative estimate of drug-likeness (QED) is 0.802. The van der Waals surface area contributed by atoms with Gasteiger partial charge in [-0.1, -0.05) is 0 Å². The van der Waals surface area contributed by atoms with Crippen molar-refractivity contribution in [2.24, 2.45) is 17.8 Å². The van der Waals surface area contributed by atoms with Crippen LogP contribution in [0.25, 0.3) is 11.3 Å². The average Bonchev–Trinajstić information content (AvgIpc) is 3.29. The molecule has 1 aliphatic carbocycles. The molecule has 30 heavy (non-hydrogen) atoms. The third kappa shape index (κ3) is 4.32. The molecule has 0 spiro atoms. The third-order valence-electron chi connectivity index (χ3n) is 6.90. The molecule has 3 atom stereocenters. The Kier molecular flexibility index (Phi) is 5.65. The zero-order chi connectivity index (χ0) is 20.5. The minimum absolute atomic E-state index is 0.133. The van der Waals surface area contributed by atoms with Crippen molar-refractivity contribution < 1.29 is 13.5 Å². The van der Waals surface area contributed by atoms with Crippen LogP contribution in [0.2, 0.25) is 0 Å². The highest BCUT2D eigenvalue weighted by atomic mass is 19.1. The zero-order valence-corrected chi connectivity index (χ0v) is 17.1. The summed E-state index contributed by atoms with van der Waals surface area (Å²) in [7, 11) is 0. The van der Waals surface area contributed by atoms with Gasteiger partial charge in [0.15, 0.2) is 0 Å². The van der Waals surface area contributed by atoms with Gasteiger partial charge in [-0.05, 0) is 73.8 Å². The molecule has 2 saturated heterocycles. The molecule has 1 unspecified atom stereocenters. The average molecular weight is 415 g/mol. The van der Waals surface area contributed by atoms with Crippen LogP contribution in [0.3, 0.4) is 0 Å². The van der Waals surface area contributed by atoms with Crippen LogP contribution < -0.4 is 5.32 Å². The van der Waals surface area contributed by atoms with E-state index in [1.54, 1.807) is 12.1 Å². The van der Waals surface area contributed by atoms with E-state index < -0.39 is 11.6 Å². The summed E-state index contributed by atoms with van der Waals surface area (Å²) in [4.78, 5) is 2.66. The lowest BCUT2D eigenvalue weighted by atomic mass is 10.00. The fraction of sp³-hybridized carbons (Fsp3) is 0.565. The lowest BCUT2D eigenvalue weighted by Gasteiger charge is -2.27. The van der Waals surface area contributed by atoms with Gasteiger partial charge < -0.3 is 15.0 Å². The number of benzene rings is 1. The first kappa shape index (κ1) is 19.8. The second-order valence-corrected chi connectivity index (χ2v) is 9.04. The van der Waals surface area contributed by atoms with Gasteiger partial charge in [-0.15, -0.1) is 10.2 Å². The number of aromatic nitrogens is 2. The molecule has 0 radical (unpaired) electrons. The number of hydrogen-bond acceptors (Lipinski definition) is 5. The summed E-state index contributed by atoms with van der Waals surface area (Å²) in [6.45, 7) is 5.46. The van der Waals surface area contributed by atoms with Crippen molar-refractivity contribution in [3.8, 4) is 11.3 Å². The molecule has 3 fully saturated rings. The van der Waals surface area contributed by atoms with Crippen molar-refractivity contribution in [3.05, 3.63) is 42.0 Å². The van der Waals surface area contributed by atoms with Gasteiger partial charge in [0.2, 0.25) is 0 Å². The molecular formula is C23H28F2N4O. The molecule has 0 amide bonds. The molecule has 7 heteroatoms. The number of hydrogen-bond donors (Lipinski definition) is 1. The largest absolute Gasteiger partial charge is 0.381 e. The minimum Gasteiger partial charge on any atom is -0.381 e. The van der Waals surface area contributed by atoms with E-state index in [2.05, 4.69) is 20.4 Å². The van der Waals surface area contributed by atoms with Crippen LogP contribution in [0, 0.1) is 29.4 Å². The van der Waals surface area contributed by atoms with Crippen LogP contribution in [-0.4, -0.2) is 54.0 Å². The van der Waals surface area contributed by atoms with Crippen molar-refractivity contribution >= 4 is 5.82 Å². The monoisotopic (exact) mass is 414 g/mol. The van der Waals surface area contributed by atoms with Crippen LogP contribution in [0.1, 0.15) is 25.7 Å².